The average Bonchev–Trinajstić information content (AvgIpc) is 3.24. The van der Waals surface area contributed by atoms with Gasteiger partial charge < -0.3 is 20.1 Å². The molecular formula is C24H28N2O3. The molecule has 2 aromatic rings. The fourth-order valence-corrected chi connectivity index (χ4v) is 4.65. The standard InChI is InChI=1S/C24H28N2O3/c1-4-26(5-2)24(28)16-9-11-20-19(13-16)17-7-6-8-18(17)23(25-20)15-10-12-22(29-3)21(27)14-15/h6-7,9-14,17-18,23,25,27H,4-5,8H2,1-3H3. The number of methoxy groups -OCH3 is 1. The molecule has 1 aliphatic heterocycles. The molecule has 0 saturated heterocycles. The Labute approximate surface area is 172 Å². The Balaban J connectivity index is 1.69. The first kappa shape index (κ1) is 19.4. The molecule has 152 valence electrons. The Morgan fingerprint density at radius 3 is 2.69 bits per heavy atom. The number of benzene rings is 2. The van der Waals surface area contributed by atoms with Crippen LogP contribution in [0.25, 0.3) is 0 Å². The van der Waals surface area contributed by atoms with Gasteiger partial charge in [-0.15, -0.1) is 0 Å². The Morgan fingerprint density at radius 1 is 1.21 bits per heavy atom. The minimum absolute atomic E-state index is 0.0820. The predicted molar refractivity (Wildman–Crippen MR) is 115 cm³/mol. The molecule has 2 N–H and O–H groups in total. The molecule has 4 rings (SSSR count). The second-order valence-corrected chi connectivity index (χ2v) is 7.69. The molecule has 3 unspecified atom stereocenters. The fourth-order valence-electron chi connectivity index (χ4n) is 4.65. The van der Waals surface area contributed by atoms with Gasteiger partial charge in [0.1, 0.15) is 0 Å². The maximum Gasteiger partial charge on any atom is 0.253 e. The minimum Gasteiger partial charge on any atom is -0.504 e. The first-order valence-electron chi connectivity index (χ1n) is 10.3. The van der Waals surface area contributed by atoms with Crippen LogP contribution in [0.1, 0.15) is 53.7 Å². The molecule has 2 aromatic carbocycles. The largest absolute Gasteiger partial charge is 0.504 e. The molecule has 3 atom stereocenters. The molecule has 5 heteroatoms. The van der Waals surface area contributed by atoms with Crippen molar-refractivity contribution in [3.63, 3.8) is 0 Å². The number of amides is 1. The molecule has 2 aliphatic rings. The van der Waals surface area contributed by atoms with Gasteiger partial charge in [0.05, 0.1) is 13.2 Å². The number of hydrogen-bond acceptors (Lipinski definition) is 4. The number of phenols is 1. The number of fused-ring (bicyclic) bond motifs is 3. The van der Waals surface area contributed by atoms with Crippen LogP contribution in [0.2, 0.25) is 0 Å². The van der Waals surface area contributed by atoms with Gasteiger partial charge in [0.2, 0.25) is 0 Å². The summed E-state index contributed by atoms with van der Waals surface area (Å²) >= 11 is 0. The lowest BCUT2D eigenvalue weighted by Crippen LogP contribution is -2.32. The highest BCUT2D eigenvalue weighted by atomic mass is 16.5. The molecule has 1 amide bonds. The van der Waals surface area contributed by atoms with E-state index in [1.54, 1.807) is 13.2 Å². The lowest BCUT2D eigenvalue weighted by atomic mass is 9.76. The highest BCUT2D eigenvalue weighted by Gasteiger charge is 2.38. The maximum atomic E-state index is 12.8. The zero-order chi connectivity index (χ0) is 20.5. The molecule has 0 radical (unpaired) electrons. The van der Waals surface area contributed by atoms with Crippen molar-refractivity contribution in [1.82, 2.24) is 4.90 Å². The molecule has 0 spiro atoms. The van der Waals surface area contributed by atoms with E-state index in [1.165, 1.54) is 5.56 Å². The van der Waals surface area contributed by atoms with Gasteiger partial charge in [-0.05, 0) is 67.6 Å². The van der Waals surface area contributed by atoms with Crippen molar-refractivity contribution in [2.24, 2.45) is 5.92 Å². The molecule has 0 fully saturated rings. The number of rotatable bonds is 5. The van der Waals surface area contributed by atoms with Crippen molar-refractivity contribution >= 4 is 11.6 Å². The van der Waals surface area contributed by atoms with Gasteiger partial charge in [-0.3, -0.25) is 4.79 Å². The second-order valence-electron chi connectivity index (χ2n) is 7.69. The molecule has 29 heavy (non-hydrogen) atoms. The van der Waals surface area contributed by atoms with Gasteiger partial charge in [0.25, 0.3) is 5.91 Å². The van der Waals surface area contributed by atoms with Gasteiger partial charge >= 0.3 is 0 Å². The smallest absolute Gasteiger partial charge is 0.253 e. The number of allylic oxidation sites excluding steroid dienone is 2. The number of ether oxygens (including phenoxy) is 1. The van der Waals surface area contributed by atoms with E-state index in [2.05, 4.69) is 23.5 Å². The lowest BCUT2D eigenvalue weighted by molar-refractivity contribution is 0.0773. The number of aromatic hydroxyl groups is 1. The van der Waals surface area contributed by atoms with Gasteiger partial charge in [-0.25, -0.2) is 0 Å². The molecule has 1 heterocycles. The van der Waals surface area contributed by atoms with Crippen LogP contribution in [-0.2, 0) is 0 Å². The van der Waals surface area contributed by atoms with Crippen LogP contribution in [-0.4, -0.2) is 36.1 Å². The highest BCUT2D eigenvalue weighted by Crippen LogP contribution is 2.50. The number of anilines is 1. The van der Waals surface area contributed by atoms with E-state index in [9.17, 15) is 9.90 Å². The third-order valence-electron chi connectivity index (χ3n) is 6.22. The van der Waals surface area contributed by atoms with E-state index < -0.39 is 0 Å². The summed E-state index contributed by atoms with van der Waals surface area (Å²) in [6, 6.07) is 11.7. The van der Waals surface area contributed by atoms with E-state index in [0.717, 1.165) is 23.2 Å². The third kappa shape index (κ3) is 3.35. The van der Waals surface area contributed by atoms with Crippen LogP contribution in [0.15, 0.2) is 48.6 Å². The lowest BCUT2D eigenvalue weighted by Gasteiger charge is -2.38. The van der Waals surface area contributed by atoms with E-state index in [4.69, 9.17) is 4.74 Å². The number of carbonyl (C=O) groups is 1. The Kier molecular flexibility index (Phi) is 5.22. The summed E-state index contributed by atoms with van der Waals surface area (Å²) < 4.78 is 5.18. The Bertz CT molecular complexity index is 949. The molecule has 1 aliphatic carbocycles. The average molecular weight is 392 g/mol. The third-order valence-corrected chi connectivity index (χ3v) is 6.22. The highest BCUT2D eigenvalue weighted by molar-refractivity contribution is 5.95. The van der Waals surface area contributed by atoms with Crippen LogP contribution in [0.4, 0.5) is 5.69 Å². The van der Waals surface area contributed by atoms with Gasteiger partial charge in [0.15, 0.2) is 11.5 Å². The molecule has 0 bridgehead atoms. The zero-order valence-corrected chi connectivity index (χ0v) is 17.2. The van der Waals surface area contributed by atoms with Crippen LogP contribution < -0.4 is 10.1 Å². The molecule has 5 nitrogen and oxygen atoms in total. The first-order valence-corrected chi connectivity index (χ1v) is 10.3. The van der Waals surface area contributed by atoms with Crippen molar-refractivity contribution < 1.29 is 14.6 Å². The summed E-state index contributed by atoms with van der Waals surface area (Å²) in [5.41, 5.74) is 4.01. The van der Waals surface area contributed by atoms with Crippen molar-refractivity contribution in [1.29, 1.82) is 0 Å². The van der Waals surface area contributed by atoms with E-state index >= 15 is 0 Å². The molecule has 0 saturated carbocycles. The van der Waals surface area contributed by atoms with E-state index in [1.807, 2.05) is 43.0 Å². The predicted octanol–water partition coefficient (Wildman–Crippen LogP) is 4.71. The number of carbonyl (C=O) groups excluding carboxylic acids is 1. The Hall–Kier alpha value is -2.95. The second kappa shape index (κ2) is 7.82. The number of hydrogen-bond donors (Lipinski definition) is 2. The number of nitrogens with zero attached hydrogens (tertiary/aromatic N) is 1. The molecule has 0 aromatic heterocycles. The SMILES string of the molecule is CCN(CC)C(=O)c1ccc2c(c1)C1C=CCC1C(c1ccc(OC)c(O)c1)N2. The quantitative estimate of drug-likeness (QED) is 0.724. The fraction of sp³-hybridized carbons (Fsp3) is 0.375. The van der Waals surface area contributed by atoms with Crippen LogP contribution in [0, 0.1) is 5.92 Å². The van der Waals surface area contributed by atoms with Crippen molar-refractivity contribution in [3.8, 4) is 11.5 Å². The summed E-state index contributed by atoms with van der Waals surface area (Å²) in [5, 5.41) is 13.9. The van der Waals surface area contributed by atoms with Crippen LogP contribution >= 0.6 is 0 Å². The monoisotopic (exact) mass is 392 g/mol. The van der Waals surface area contributed by atoms with Crippen LogP contribution in [0.5, 0.6) is 11.5 Å². The van der Waals surface area contributed by atoms with Crippen LogP contribution in [0.3, 0.4) is 0 Å². The zero-order valence-electron chi connectivity index (χ0n) is 17.2. The number of phenolic OH excluding ortho intramolecular Hbond substituents is 1. The minimum atomic E-state index is 0.0820. The first-order chi connectivity index (χ1) is 14.1. The molecular weight excluding hydrogens is 364 g/mol. The number of nitrogens with one attached hydrogen (secondary N) is 1. The van der Waals surface area contributed by atoms with Gasteiger partial charge in [0, 0.05) is 30.3 Å². The van der Waals surface area contributed by atoms with Crippen molar-refractivity contribution in [2.75, 3.05) is 25.5 Å². The summed E-state index contributed by atoms with van der Waals surface area (Å²) in [4.78, 5) is 14.7. The Morgan fingerprint density at radius 2 is 2.00 bits per heavy atom. The summed E-state index contributed by atoms with van der Waals surface area (Å²) in [5.74, 6) is 1.31. The van der Waals surface area contributed by atoms with E-state index in [-0.39, 0.29) is 23.6 Å². The van der Waals surface area contributed by atoms with Crippen molar-refractivity contribution in [2.45, 2.75) is 32.2 Å². The van der Waals surface area contributed by atoms with Crippen molar-refractivity contribution in [3.05, 3.63) is 65.2 Å². The maximum absolute atomic E-state index is 12.8. The van der Waals surface area contributed by atoms with E-state index in [0.29, 0.717) is 24.8 Å². The summed E-state index contributed by atoms with van der Waals surface area (Å²) in [6.07, 6.45) is 5.44. The summed E-state index contributed by atoms with van der Waals surface area (Å²) in [6.45, 7) is 5.43. The summed E-state index contributed by atoms with van der Waals surface area (Å²) in [7, 11) is 1.55. The van der Waals surface area contributed by atoms with Gasteiger partial charge in [-0.1, -0.05) is 18.2 Å². The normalized spacial score (nSPS) is 21.8. The van der Waals surface area contributed by atoms with Gasteiger partial charge in [-0.2, -0.15) is 0 Å². The topological polar surface area (TPSA) is 61.8 Å².